The largest absolute Gasteiger partial charge is 0.493 e. The predicted octanol–water partition coefficient (Wildman–Crippen LogP) is 3.03. The van der Waals surface area contributed by atoms with Crippen LogP contribution in [0.1, 0.15) is 16.7 Å². The number of nitrogens with zero attached hydrogens (tertiary/aromatic N) is 1. The molecule has 0 radical (unpaired) electrons. The fourth-order valence-corrected chi connectivity index (χ4v) is 4.14. The van der Waals surface area contributed by atoms with Gasteiger partial charge in [-0.05, 0) is 44.0 Å². The molecular formula is C20H26N2O5S. The lowest BCUT2D eigenvalue weighted by Gasteiger charge is -2.26. The average Bonchev–Trinajstić information content (AvgIpc) is 2.59. The highest BCUT2D eigenvalue weighted by molar-refractivity contribution is 7.92. The summed E-state index contributed by atoms with van der Waals surface area (Å²) in [5.74, 6) is 0.534. The molecule has 0 spiro atoms. The van der Waals surface area contributed by atoms with Crippen LogP contribution in [0.2, 0.25) is 0 Å². The molecule has 152 valence electrons. The lowest BCUT2D eigenvalue weighted by atomic mass is 10.1. The number of amides is 1. The number of benzene rings is 2. The van der Waals surface area contributed by atoms with Gasteiger partial charge in [0.05, 0.1) is 26.2 Å². The first-order valence-corrected chi connectivity index (χ1v) is 10.5. The maximum absolute atomic E-state index is 12.6. The molecule has 2 aromatic carbocycles. The molecule has 0 aliphatic heterocycles. The Bertz CT molecular complexity index is 963. The number of aryl methyl sites for hydroxylation is 3. The van der Waals surface area contributed by atoms with E-state index in [2.05, 4.69) is 5.32 Å². The molecule has 0 aromatic heterocycles. The van der Waals surface area contributed by atoms with Gasteiger partial charge >= 0.3 is 0 Å². The SMILES string of the molecule is COc1ccc(NC(=O)CN(c2c(C)cc(C)cc2C)S(C)(=O)=O)cc1OC. The fraction of sp³-hybridized carbons (Fsp3) is 0.350. The van der Waals surface area contributed by atoms with Gasteiger partial charge in [-0.15, -0.1) is 0 Å². The number of carbonyl (C=O) groups excluding carboxylic acids is 1. The van der Waals surface area contributed by atoms with Gasteiger partial charge in [-0.2, -0.15) is 0 Å². The summed E-state index contributed by atoms with van der Waals surface area (Å²) in [6, 6.07) is 8.73. The third kappa shape index (κ3) is 4.95. The van der Waals surface area contributed by atoms with Crippen molar-refractivity contribution in [3.05, 3.63) is 47.0 Å². The van der Waals surface area contributed by atoms with E-state index in [-0.39, 0.29) is 6.54 Å². The summed E-state index contributed by atoms with van der Waals surface area (Å²) in [6.45, 7) is 5.27. The van der Waals surface area contributed by atoms with Crippen LogP contribution in [0, 0.1) is 20.8 Å². The van der Waals surface area contributed by atoms with Crippen LogP contribution in [-0.4, -0.2) is 41.3 Å². The summed E-state index contributed by atoms with van der Waals surface area (Å²) in [7, 11) is -0.641. The summed E-state index contributed by atoms with van der Waals surface area (Å²) < 4.78 is 36.3. The molecule has 2 rings (SSSR count). The van der Waals surface area contributed by atoms with Gasteiger partial charge in [0.1, 0.15) is 6.54 Å². The summed E-state index contributed by atoms with van der Waals surface area (Å²) >= 11 is 0. The highest BCUT2D eigenvalue weighted by atomic mass is 32.2. The van der Waals surface area contributed by atoms with E-state index in [9.17, 15) is 13.2 Å². The Hall–Kier alpha value is -2.74. The monoisotopic (exact) mass is 406 g/mol. The molecule has 8 heteroatoms. The second-order valence-electron chi connectivity index (χ2n) is 6.63. The molecule has 28 heavy (non-hydrogen) atoms. The van der Waals surface area contributed by atoms with Gasteiger partial charge < -0.3 is 14.8 Å². The quantitative estimate of drug-likeness (QED) is 0.764. The molecule has 1 amide bonds. The van der Waals surface area contributed by atoms with E-state index in [1.54, 1.807) is 18.2 Å². The van der Waals surface area contributed by atoms with Crippen LogP contribution in [0.4, 0.5) is 11.4 Å². The van der Waals surface area contributed by atoms with Gasteiger partial charge in [-0.3, -0.25) is 9.10 Å². The minimum absolute atomic E-state index is 0.335. The minimum atomic E-state index is -3.66. The van der Waals surface area contributed by atoms with E-state index in [0.717, 1.165) is 27.3 Å². The first-order valence-electron chi connectivity index (χ1n) is 8.64. The summed E-state index contributed by atoms with van der Waals surface area (Å²) in [4.78, 5) is 12.6. The van der Waals surface area contributed by atoms with Gasteiger partial charge in [0, 0.05) is 11.8 Å². The summed E-state index contributed by atoms with van der Waals surface area (Å²) in [5.41, 5.74) is 3.62. The van der Waals surface area contributed by atoms with Crippen LogP contribution in [-0.2, 0) is 14.8 Å². The molecule has 0 aliphatic rings. The molecule has 0 fully saturated rings. The Morgan fingerprint density at radius 3 is 2.07 bits per heavy atom. The van der Waals surface area contributed by atoms with Crippen molar-refractivity contribution in [2.24, 2.45) is 0 Å². The lowest BCUT2D eigenvalue weighted by Crippen LogP contribution is -2.38. The van der Waals surface area contributed by atoms with Crippen molar-refractivity contribution in [3.63, 3.8) is 0 Å². The normalized spacial score (nSPS) is 11.1. The zero-order valence-corrected chi connectivity index (χ0v) is 17.8. The summed E-state index contributed by atoms with van der Waals surface area (Å²) in [6.07, 6.45) is 1.09. The van der Waals surface area contributed by atoms with Crippen molar-refractivity contribution in [2.75, 3.05) is 36.6 Å². The van der Waals surface area contributed by atoms with E-state index in [4.69, 9.17) is 9.47 Å². The standard InChI is InChI=1S/C20H26N2O5S/c1-13-9-14(2)20(15(3)10-13)22(28(6,24)25)12-19(23)21-16-7-8-17(26-4)18(11-16)27-5/h7-11H,12H2,1-6H3,(H,21,23). The van der Waals surface area contributed by atoms with Crippen molar-refractivity contribution in [1.82, 2.24) is 0 Å². The van der Waals surface area contributed by atoms with E-state index in [1.165, 1.54) is 14.2 Å². The van der Waals surface area contributed by atoms with Crippen LogP contribution < -0.4 is 19.1 Å². The number of hydrogen-bond donors (Lipinski definition) is 1. The molecule has 0 saturated carbocycles. The minimum Gasteiger partial charge on any atom is -0.493 e. The highest BCUT2D eigenvalue weighted by Gasteiger charge is 2.24. The van der Waals surface area contributed by atoms with E-state index < -0.39 is 15.9 Å². The van der Waals surface area contributed by atoms with Gasteiger partial charge in [0.2, 0.25) is 15.9 Å². The van der Waals surface area contributed by atoms with Gasteiger partial charge in [-0.25, -0.2) is 8.42 Å². The third-order valence-electron chi connectivity index (χ3n) is 4.24. The van der Waals surface area contributed by atoms with Crippen molar-refractivity contribution >= 4 is 27.3 Å². The average molecular weight is 407 g/mol. The molecule has 0 saturated heterocycles. The first kappa shape index (κ1) is 21.6. The molecule has 1 N–H and O–H groups in total. The Kier molecular flexibility index (Phi) is 6.56. The predicted molar refractivity (Wildman–Crippen MR) is 111 cm³/mol. The zero-order chi connectivity index (χ0) is 21.1. The number of carbonyl (C=O) groups is 1. The van der Waals surface area contributed by atoms with E-state index >= 15 is 0 Å². The number of hydrogen-bond acceptors (Lipinski definition) is 5. The number of methoxy groups -OCH3 is 2. The molecule has 0 aliphatic carbocycles. The molecular weight excluding hydrogens is 380 g/mol. The molecule has 0 bridgehead atoms. The second kappa shape index (κ2) is 8.52. The number of nitrogens with one attached hydrogen (secondary N) is 1. The molecule has 2 aromatic rings. The zero-order valence-electron chi connectivity index (χ0n) is 17.0. The Labute approximate surface area is 166 Å². The summed E-state index contributed by atoms with van der Waals surface area (Å²) in [5, 5.41) is 2.71. The topological polar surface area (TPSA) is 84.9 Å². The maximum Gasteiger partial charge on any atom is 0.245 e. The molecule has 0 unspecified atom stereocenters. The van der Waals surface area contributed by atoms with Gasteiger partial charge in [0.15, 0.2) is 11.5 Å². The van der Waals surface area contributed by atoms with Crippen LogP contribution in [0.5, 0.6) is 11.5 Å². The third-order valence-corrected chi connectivity index (χ3v) is 5.35. The Morgan fingerprint density at radius 2 is 1.57 bits per heavy atom. The van der Waals surface area contributed by atoms with Gasteiger partial charge in [-0.1, -0.05) is 17.7 Å². The molecule has 0 heterocycles. The van der Waals surface area contributed by atoms with Crippen molar-refractivity contribution in [1.29, 1.82) is 0 Å². The van der Waals surface area contributed by atoms with E-state index in [1.807, 2.05) is 32.9 Å². The highest BCUT2D eigenvalue weighted by Crippen LogP contribution is 2.30. The Morgan fingerprint density at radius 1 is 1.00 bits per heavy atom. The first-order chi connectivity index (χ1) is 13.1. The van der Waals surface area contributed by atoms with E-state index in [0.29, 0.717) is 22.9 Å². The van der Waals surface area contributed by atoms with Crippen molar-refractivity contribution in [2.45, 2.75) is 20.8 Å². The maximum atomic E-state index is 12.6. The second-order valence-corrected chi connectivity index (χ2v) is 8.54. The van der Waals surface area contributed by atoms with Crippen LogP contribution in [0.25, 0.3) is 0 Å². The molecule has 0 atom stereocenters. The smallest absolute Gasteiger partial charge is 0.245 e. The Balaban J connectivity index is 2.31. The van der Waals surface area contributed by atoms with Crippen LogP contribution >= 0.6 is 0 Å². The number of rotatable bonds is 7. The fourth-order valence-electron chi connectivity index (χ4n) is 3.17. The number of anilines is 2. The van der Waals surface area contributed by atoms with Crippen molar-refractivity contribution in [3.8, 4) is 11.5 Å². The number of ether oxygens (including phenoxy) is 2. The van der Waals surface area contributed by atoms with Crippen molar-refractivity contribution < 1.29 is 22.7 Å². The number of sulfonamides is 1. The lowest BCUT2D eigenvalue weighted by molar-refractivity contribution is -0.114. The molecule has 7 nitrogen and oxygen atoms in total. The van der Waals surface area contributed by atoms with Crippen LogP contribution in [0.15, 0.2) is 30.3 Å². The van der Waals surface area contributed by atoms with Gasteiger partial charge in [0.25, 0.3) is 0 Å². The van der Waals surface area contributed by atoms with Crippen LogP contribution in [0.3, 0.4) is 0 Å².